The number of hydrogen-bond acceptors (Lipinski definition) is 1. The topological polar surface area (TPSA) is 17.8 Å². The van der Waals surface area contributed by atoms with Crippen molar-refractivity contribution in [3.63, 3.8) is 0 Å². The van der Waals surface area contributed by atoms with Crippen molar-refractivity contribution in [2.45, 2.75) is 32.2 Å². The molecule has 3 aromatic rings. The average Bonchev–Trinajstić information content (AvgIpc) is 2.96. The summed E-state index contributed by atoms with van der Waals surface area (Å²) in [6.07, 6.45) is 9.19. The van der Waals surface area contributed by atoms with Crippen LogP contribution >= 0.6 is 0 Å². The summed E-state index contributed by atoms with van der Waals surface area (Å²) in [5.74, 6) is -0.139. The number of aromatic nitrogens is 2. The van der Waals surface area contributed by atoms with Gasteiger partial charge in [0.15, 0.2) is 0 Å². The minimum absolute atomic E-state index is 0.139. The smallest absolute Gasteiger partial charge is 0.132 e. The van der Waals surface area contributed by atoms with Gasteiger partial charge in [0.25, 0.3) is 0 Å². The predicted molar refractivity (Wildman–Crippen MR) is 81.9 cm³/mol. The highest BCUT2D eigenvalue weighted by Crippen LogP contribution is 2.36. The van der Waals surface area contributed by atoms with Crippen molar-refractivity contribution in [3.8, 4) is 0 Å². The third kappa shape index (κ3) is 1.88. The SMILES string of the molecule is Cc1ccc(F)c2ccn(C3CCCc4cnccc43)c12. The Kier molecular flexibility index (Phi) is 2.81. The fourth-order valence-corrected chi connectivity index (χ4v) is 3.58. The molecule has 1 unspecified atom stereocenters. The summed E-state index contributed by atoms with van der Waals surface area (Å²) < 4.78 is 16.3. The fraction of sp³-hybridized carbons (Fsp3) is 0.278. The summed E-state index contributed by atoms with van der Waals surface area (Å²) in [6.45, 7) is 2.05. The molecule has 3 heteroatoms. The first-order valence-electron chi connectivity index (χ1n) is 7.44. The van der Waals surface area contributed by atoms with Gasteiger partial charge in [0.05, 0.1) is 11.6 Å². The van der Waals surface area contributed by atoms with Crippen LogP contribution in [0.25, 0.3) is 10.9 Å². The molecular weight excluding hydrogens is 263 g/mol. The molecule has 0 fully saturated rings. The van der Waals surface area contributed by atoms with E-state index < -0.39 is 0 Å². The molecule has 2 nitrogen and oxygen atoms in total. The normalized spacial score (nSPS) is 17.9. The second-order valence-electron chi connectivity index (χ2n) is 5.83. The third-order valence-corrected chi connectivity index (χ3v) is 4.59. The minimum Gasteiger partial charge on any atom is -0.340 e. The largest absolute Gasteiger partial charge is 0.340 e. The van der Waals surface area contributed by atoms with E-state index in [1.807, 2.05) is 30.7 Å². The molecule has 1 aromatic carbocycles. The van der Waals surface area contributed by atoms with Gasteiger partial charge in [0, 0.05) is 24.0 Å². The number of halogens is 1. The van der Waals surface area contributed by atoms with Crippen LogP contribution in [0.15, 0.2) is 42.9 Å². The molecule has 0 aliphatic heterocycles. The van der Waals surface area contributed by atoms with E-state index in [-0.39, 0.29) is 11.9 Å². The molecule has 0 radical (unpaired) electrons. The van der Waals surface area contributed by atoms with Crippen molar-refractivity contribution in [2.75, 3.05) is 0 Å². The van der Waals surface area contributed by atoms with Crippen LogP contribution in [0.3, 0.4) is 0 Å². The Bertz CT molecular complexity index is 819. The number of fused-ring (bicyclic) bond motifs is 2. The fourth-order valence-electron chi connectivity index (χ4n) is 3.58. The first kappa shape index (κ1) is 12.6. The Morgan fingerprint density at radius 3 is 3.05 bits per heavy atom. The van der Waals surface area contributed by atoms with Crippen LogP contribution < -0.4 is 0 Å². The molecule has 2 heterocycles. The van der Waals surface area contributed by atoms with E-state index in [1.54, 1.807) is 6.07 Å². The van der Waals surface area contributed by atoms with Crippen LogP contribution in [0.5, 0.6) is 0 Å². The first-order valence-corrected chi connectivity index (χ1v) is 7.44. The number of nitrogens with zero attached hydrogens (tertiary/aromatic N) is 2. The van der Waals surface area contributed by atoms with Crippen LogP contribution in [0.2, 0.25) is 0 Å². The van der Waals surface area contributed by atoms with Crippen LogP contribution in [-0.2, 0) is 6.42 Å². The standard InChI is InChI=1S/C18H17FN2/c1-12-5-6-16(19)15-8-10-21(18(12)15)17-4-2-3-13-11-20-9-7-14(13)17/h5-11,17H,2-4H2,1H3. The van der Waals surface area contributed by atoms with E-state index in [0.29, 0.717) is 0 Å². The minimum atomic E-state index is -0.139. The van der Waals surface area contributed by atoms with E-state index >= 15 is 0 Å². The first-order chi connectivity index (χ1) is 10.3. The molecule has 0 saturated heterocycles. The Morgan fingerprint density at radius 1 is 1.24 bits per heavy atom. The van der Waals surface area contributed by atoms with Crippen LogP contribution in [0, 0.1) is 12.7 Å². The summed E-state index contributed by atoms with van der Waals surface area (Å²) in [6, 6.07) is 7.72. The molecule has 0 N–H and O–H groups in total. The molecule has 2 aromatic heterocycles. The number of rotatable bonds is 1. The Hall–Kier alpha value is -2.16. The van der Waals surface area contributed by atoms with Gasteiger partial charge in [-0.3, -0.25) is 4.98 Å². The van der Waals surface area contributed by atoms with Crippen molar-refractivity contribution in [1.29, 1.82) is 0 Å². The molecule has 0 saturated carbocycles. The van der Waals surface area contributed by atoms with Gasteiger partial charge in [-0.2, -0.15) is 0 Å². The molecule has 0 spiro atoms. The lowest BCUT2D eigenvalue weighted by molar-refractivity contribution is 0.500. The van der Waals surface area contributed by atoms with Crippen LogP contribution in [-0.4, -0.2) is 9.55 Å². The average molecular weight is 280 g/mol. The van der Waals surface area contributed by atoms with Crippen molar-refractivity contribution < 1.29 is 4.39 Å². The molecule has 21 heavy (non-hydrogen) atoms. The molecular formula is C18H17FN2. The zero-order valence-corrected chi connectivity index (χ0v) is 12.0. The lowest BCUT2D eigenvalue weighted by Gasteiger charge is -2.27. The monoisotopic (exact) mass is 280 g/mol. The van der Waals surface area contributed by atoms with E-state index in [4.69, 9.17) is 0 Å². The van der Waals surface area contributed by atoms with Crippen molar-refractivity contribution in [2.24, 2.45) is 0 Å². The quantitative estimate of drug-likeness (QED) is 0.645. The molecule has 0 bridgehead atoms. The molecule has 1 aliphatic carbocycles. The highest BCUT2D eigenvalue weighted by atomic mass is 19.1. The van der Waals surface area contributed by atoms with Gasteiger partial charge in [-0.25, -0.2) is 4.39 Å². The van der Waals surface area contributed by atoms with Gasteiger partial charge in [-0.1, -0.05) is 6.07 Å². The summed E-state index contributed by atoms with van der Waals surface area (Å²) >= 11 is 0. The van der Waals surface area contributed by atoms with Gasteiger partial charge < -0.3 is 4.57 Å². The maximum absolute atomic E-state index is 14.0. The van der Waals surface area contributed by atoms with E-state index in [0.717, 1.165) is 35.7 Å². The van der Waals surface area contributed by atoms with Crippen LogP contribution in [0.1, 0.15) is 35.6 Å². The highest BCUT2D eigenvalue weighted by Gasteiger charge is 2.23. The van der Waals surface area contributed by atoms with Gasteiger partial charge >= 0.3 is 0 Å². The van der Waals surface area contributed by atoms with Crippen molar-refractivity contribution >= 4 is 10.9 Å². The molecule has 1 aliphatic rings. The van der Waals surface area contributed by atoms with Crippen molar-refractivity contribution in [3.05, 3.63) is 65.4 Å². The molecule has 106 valence electrons. The van der Waals surface area contributed by atoms with Crippen molar-refractivity contribution in [1.82, 2.24) is 9.55 Å². The van der Waals surface area contributed by atoms with E-state index in [2.05, 4.69) is 22.5 Å². The number of pyridine rings is 1. The molecule has 1 atom stereocenters. The zero-order chi connectivity index (χ0) is 14.4. The Balaban J connectivity index is 1.95. The number of aryl methyl sites for hydroxylation is 2. The lowest BCUT2D eigenvalue weighted by Crippen LogP contribution is -2.17. The predicted octanol–water partition coefficient (Wildman–Crippen LogP) is 4.41. The summed E-state index contributed by atoms with van der Waals surface area (Å²) in [5.41, 5.74) is 4.80. The number of hydrogen-bond donors (Lipinski definition) is 0. The second kappa shape index (κ2) is 4.69. The third-order valence-electron chi connectivity index (χ3n) is 4.59. The lowest BCUT2D eigenvalue weighted by atomic mass is 9.89. The highest BCUT2D eigenvalue weighted by molar-refractivity contribution is 5.84. The summed E-state index contributed by atoms with van der Waals surface area (Å²) in [7, 11) is 0. The van der Waals surface area contributed by atoms with Crippen LogP contribution in [0.4, 0.5) is 4.39 Å². The maximum Gasteiger partial charge on any atom is 0.132 e. The van der Waals surface area contributed by atoms with Gasteiger partial charge in [0.1, 0.15) is 5.82 Å². The van der Waals surface area contributed by atoms with Gasteiger partial charge in [-0.05, 0) is 61.1 Å². The second-order valence-corrected chi connectivity index (χ2v) is 5.83. The van der Waals surface area contributed by atoms with Gasteiger partial charge in [-0.15, -0.1) is 0 Å². The zero-order valence-electron chi connectivity index (χ0n) is 12.0. The summed E-state index contributed by atoms with van der Waals surface area (Å²) in [4.78, 5) is 4.24. The number of benzene rings is 1. The Morgan fingerprint density at radius 2 is 2.14 bits per heavy atom. The van der Waals surface area contributed by atoms with E-state index in [9.17, 15) is 4.39 Å². The maximum atomic E-state index is 14.0. The van der Waals surface area contributed by atoms with E-state index in [1.165, 1.54) is 11.1 Å². The summed E-state index contributed by atoms with van der Waals surface area (Å²) in [5, 5.41) is 0.719. The van der Waals surface area contributed by atoms with Gasteiger partial charge in [0.2, 0.25) is 0 Å². The Labute approximate surface area is 123 Å². The molecule has 0 amide bonds. The molecule has 4 rings (SSSR count).